The zero-order valence-corrected chi connectivity index (χ0v) is 11.7. The molecule has 4 nitrogen and oxygen atoms in total. The SMILES string of the molecule is CCOc1cccc(-c2n[nH]c3c2N2CCC3CC2)c1. The minimum absolute atomic E-state index is 0.673. The molecule has 0 atom stereocenters. The number of ether oxygens (including phenoxy) is 1. The molecule has 5 rings (SSSR count). The van der Waals surface area contributed by atoms with Gasteiger partial charge >= 0.3 is 0 Å². The van der Waals surface area contributed by atoms with E-state index in [1.807, 2.05) is 19.1 Å². The quantitative estimate of drug-likeness (QED) is 0.930. The largest absolute Gasteiger partial charge is 0.494 e. The van der Waals surface area contributed by atoms with Crippen LogP contribution in [0.1, 0.15) is 31.4 Å². The molecule has 0 amide bonds. The van der Waals surface area contributed by atoms with Crippen LogP contribution in [0.2, 0.25) is 0 Å². The Morgan fingerprint density at radius 3 is 3.00 bits per heavy atom. The summed E-state index contributed by atoms with van der Waals surface area (Å²) in [6.07, 6.45) is 2.52. The molecular formula is C16H19N3O. The highest BCUT2D eigenvalue weighted by Gasteiger charge is 2.35. The van der Waals surface area contributed by atoms with Gasteiger partial charge in [-0.05, 0) is 31.9 Å². The third-order valence-corrected chi connectivity index (χ3v) is 4.41. The molecule has 2 bridgehead atoms. The summed E-state index contributed by atoms with van der Waals surface area (Å²) in [5, 5.41) is 7.86. The van der Waals surface area contributed by atoms with Crippen LogP contribution in [0.15, 0.2) is 24.3 Å². The molecule has 0 radical (unpaired) electrons. The molecular weight excluding hydrogens is 250 g/mol. The molecule has 0 spiro atoms. The van der Waals surface area contributed by atoms with Crippen LogP contribution in [0.4, 0.5) is 5.69 Å². The first-order valence-electron chi connectivity index (χ1n) is 7.43. The first kappa shape index (κ1) is 11.8. The zero-order valence-electron chi connectivity index (χ0n) is 11.7. The summed E-state index contributed by atoms with van der Waals surface area (Å²) in [5.74, 6) is 1.59. The first-order chi connectivity index (χ1) is 9.86. The minimum Gasteiger partial charge on any atom is -0.494 e. The van der Waals surface area contributed by atoms with E-state index in [4.69, 9.17) is 4.74 Å². The van der Waals surface area contributed by atoms with Crippen molar-refractivity contribution in [1.82, 2.24) is 10.2 Å². The van der Waals surface area contributed by atoms with Crippen LogP contribution >= 0.6 is 0 Å². The van der Waals surface area contributed by atoms with Crippen LogP contribution in [-0.2, 0) is 0 Å². The monoisotopic (exact) mass is 269 g/mol. The van der Waals surface area contributed by atoms with Crippen LogP contribution in [0, 0.1) is 0 Å². The third-order valence-electron chi connectivity index (χ3n) is 4.41. The molecule has 1 aromatic carbocycles. The number of hydrogen-bond donors (Lipinski definition) is 1. The molecule has 4 heterocycles. The van der Waals surface area contributed by atoms with Crippen molar-refractivity contribution < 1.29 is 4.74 Å². The maximum Gasteiger partial charge on any atom is 0.119 e. The smallest absolute Gasteiger partial charge is 0.119 e. The second-order valence-electron chi connectivity index (χ2n) is 5.56. The second kappa shape index (κ2) is 4.54. The highest BCUT2D eigenvalue weighted by Crippen LogP contribution is 2.45. The predicted octanol–water partition coefficient (Wildman–Crippen LogP) is 3.17. The molecule has 1 aromatic heterocycles. The highest BCUT2D eigenvalue weighted by molar-refractivity contribution is 5.79. The molecule has 2 aromatic rings. The van der Waals surface area contributed by atoms with Crippen LogP contribution < -0.4 is 9.64 Å². The third kappa shape index (κ3) is 1.71. The van der Waals surface area contributed by atoms with Gasteiger partial charge in [-0.25, -0.2) is 0 Å². The average molecular weight is 269 g/mol. The number of aromatic nitrogens is 2. The number of rotatable bonds is 3. The number of nitrogens with one attached hydrogen (secondary N) is 1. The first-order valence-corrected chi connectivity index (χ1v) is 7.43. The van der Waals surface area contributed by atoms with E-state index in [1.54, 1.807) is 0 Å². The molecule has 20 heavy (non-hydrogen) atoms. The molecule has 0 aliphatic carbocycles. The summed E-state index contributed by atoms with van der Waals surface area (Å²) in [6.45, 7) is 5.02. The Kier molecular flexibility index (Phi) is 2.69. The number of H-pyrrole nitrogens is 1. The Morgan fingerprint density at radius 2 is 2.20 bits per heavy atom. The van der Waals surface area contributed by atoms with Gasteiger partial charge in [-0.2, -0.15) is 5.10 Å². The fourth-order valence-electron chi connectivity index (χ4n) is 3.45. The number of piperidine rings is 1. The van der Waals surface area contributed by atoms with Gasteiger partial charge in [0.15, 0.2) is 0 Å². The molecule has 3 aliphatic heterocycles. The number of aromatic amines is 1. The topological polar surface area (TPSA) is 41.1 Å². The second-order valence-corrected chi connectivity index (χ2v) is 5.56. The van der Waals surface area contributed by atoms with Gasteiger partial charge in [-0.15, -0.1) is 0 Å². The summed E-state index contributed by atoms with van der Waals surface area (Å²) < 4.78 is 5.60. The number of fused-ring (bicyclic) bond motifs is 2. The highest BCUT2D eigenvalue weighted by atomic mass is 16.5. The Bertz CT molecular complexity index is 626. The minimum atomic E-state index is 0.673. The molecule has 1 fully saturated rings. The van der Waals surface area contributed by atoms with Gasteiger partial charge in [0.25, 0.3) is 0 Å². The summed E-state index contributed by atoms with van der Waals surface area (Å²) in [6, 6.07) is 8.24. The molecule has 0 saturated carbocycles. The van der Waals surface area contributed by atoms with Crippen LogP contribution in [0.5, 0.6) is 5.75 Å². The van der Waals surface area contributed by atoms with E-state index >= 15 is 0 Å². The van der Waals surface area contributed by atoms with Crippen molar-refractivity contribution in [3.8, 4) is 17.0 Å². The van der Waals surface area contributed by atoms with E-state index in [1.165, 1.54) is 24.2 Å². The van der Waals surface area contributed by atoms with Gasteiger partial charge in [0.2, 0.25) is 0 Å². The van der Waals surface area contributed by atoms with E-state index in [2.05, 4.69) is 27.2 Å². The van der Waals surface area contributed by atoms with E-state index in [9.17, 15) is 0 Å². The normalized spacial score (nSPS) is 17.4. The van der Waals surface area contributed by atoms with Crippen LogP contribution in [0.3, 0.4) is 0 Å². The fraction of sp³-hybridized carbons (Fsp3) is 0.438. The van der Waals surface area contributed by atoms with Gasteiger partial charge in [0, 0.05) is 24.6 Å². The van der Waals surface area contributed by atoms with Crippen molar-refractivity contribution >= 4 is 5.69 Å². The Hall–Kier alpha value is -1.97. The molecule has 104 valence electrons. The van der Waals surface area contributed by atoms with Crippen molar-refractivity contribution in [2.45, 2.75) is 25.7 Å². The van der Waals surface area contributed by atoms with Crippen molar-refractivity contribution in [3.05, 3.63) is 30.0 Å². The standard InChI is InChI=1S/C16H19N3O/c1-2-20-13-5-3-4-12(10-13)15-16-14(17-18-15)11-6-8-19(16)9-7-11/h3-5,10-11H,2,6-9H2,1H3,(H,17,18). The number of anilines is 1. The Labute approximate surface area is 118 Å². The number of nitrogens with zero attached hydrogens (tertiary/aromatic N) is 2. The summed E-state index contributed by atoms with van der Waals surface area (Å²) >= 11 is 0. The number of benzene rings is 1. The molecule has 1 saturated heterocycles. The Balaban J connectivity index is 1.78. The van der Waals surface area contributed by atoms with Gasteiger partial charge in [0.1, 0.15) is 11.4 Å². The summed E-state index contributed by atoms with van der Waals surface area (Å²) in [5.41, 5.74) is 4.87. The molecule has 3 aliphatic rings. The average Bonchev–Trinajstić information content (AvgIpc) is 2.96. The fourth-order valence-corrected chi connectivity index (χ4v) is 3.45. The van der Waals surface area contributed by atoms with Crippen molar-refractivity contribution in [1.29, 1.82) is 0 Å². The van der Waals surface area contributed by atoms with Crippen molar-refractivity contribution in [2.24, 2.45) is 0 Å². The van der Waals surface area contributed by atoms with Crippen molar-refractivity contribution in [2.75, 3.05) is 24.6 Å². The van der Waals surface area contributed by atoms with Crippen LogP contribution in [0.25, 0.3) is 11.3 Å². The van der Waals surface area contributed by atoms with E-state index in [0.717, 1.165) is 30.1 Å². The predicted molar refractivity (Wildman–Crippen MR) is 79.4 cm³/mol. The molecule has 1 N–H and O–H groups in total. The zero-order chi connectivity index (χ0) is 13.5. The van der Waals surface area contributed by atoms with Gasteiger partial charge in [-0.3, -0.25) is 5.10 Å². The van der Waals surface area contributed by atoms with Crippen molar-refractivity contribution in [3.63, 3.8) is 0 Å². The van der Waals surface area contributed by atoms with Gasteiger partial charge in [-0.1, -0.05) is 12.1 Å². The van der Waals surface area contributed by atoms with Gasteiger partial charge in [0.05, 0.1) is 18.0 Å². The van der Waals surface area contributed by atoms with E-state index < -0.39 is 0 Å². The van der Waals surface area contributed by atoms with Crippen LogP contribution in [-0.4, -0.2) is 29.9 Å². The van der Waals surface area contributed by atoms with E-state index in [-0.39, 0.29) is 0 Å². The lowest BCUT2D eigenvalue weighted by molar-refractivity contribution is 0.340. The number of hydrogen-bond acceptors (Lipinski definition) is 3. The lowest BCUT2D eigenvalue weighted by Gasteiger charge is -2.40. The lowest BCUT2D eigenvalue weighted by atomic mass is 9.86. The lowest BCUT2D eigenvalue weighted by Crippen LogP contribution is -2.38. The maximum absolute atomic E-state index is 5.60. The Morgan fingerprint density at radius 1 is 1.35 bits per heavy atom. The summed E-state index contributed by atoms with van der Waals surface area (Å²) in [7, 11) is 0. The molecule has 0 unspecified atom stereocenters. The van der Waals surface area contributed by atoms with E-state index in [0.29, 0.717) is 12.5 Å². The van der Waals surface area contributed by atoms with Gasteiger partial charge < -0.3 is 9.64 Å². The summed E-state index contributed by atoms with van der Waals surface area (Å²) in [4.78, 5) is 2.47. The maximum atomic E-state index is 5.60. The molecule has 4 heteroatoms.